The monoisotopic (exact) mass is 295 g/mol. The molecule has 1 N–H and O–H groups in total. The average Bonchev–Trinajstić information content (AvgIpc) is 2.75. The van der Waals surface area contributed by atoms with E-state index in [2.05, 4.69) is 27.5 Å². The van der Waals surface area contributed by atoms with Crippen molar-refractivity contribution in [2.75, 3.05) is 24.3 Å². The highest BCUT2D eigenvalue weighted by Crippen LogP contribution is 2.31. The molecule has 0 saturated carbocycles. The van der Waals surface area contributed by atoms with Gasteiger partial charge in [0.05, 0.1) is 28.1 Å². The van der Waals surface area contributed by atoms with Gasteiger partial charge in [-0.25, -0.2) is 4.98 Å². The second-order valence-corrected chi connectivity index (χ2v) is 6.21. The SMILES string of the molecule is Cc1nc(C(C)Nc2cc(Cl)ccc2N(C)C)cs1. The average molecular weight is 296 g/mol. The molecule has 5 heteroatoms. The zero-order valence-electron chi connectivity index (χ0n) is 11.6. The molecule has 1 atom stereocenters. The normalized spacial score (nSPS) is 12.3. The van der Waals surface area contributed by atoms with Crippen LogP contribution in [0, 0.1) is 6.92 Å². The van der Waals surface area contributed by atoms with Crippen molar-refractivity contribution in [3.05, 3.63) is 39.3 Å². The predicted molar refractivity (Wildman–Crippen MR) is 84.7 cm³/mol. The molecular weight excluding hydrogens is 278 g/mol. The molecule has 3 nitrogen and oxygen atoms in total. The van der Waals surface area contributed by atoms with Crippen molar-refractivity contribution in [3.63, 3.8) is 0 Å². The first-order valence-electron chi connectivity index (χ1n) is 6.13. The molecule has 0 aliphatic carbocycles. The van der Waals surface area contributed by atoms with Crippen molar-refractivity contribution >= 4 is 34.3 Å². The van der Waals surface area contributed by atoms with Gasteiger partial charge in [0.2, 0.25) is 0 Å². The van der Waals surface area contributed by atoms with E-state index >= 15 is 0 Å². The third-order valence-electron chi connectivity index (χ3n) is 2.89. The van der Waals surface area contributed by atoms with Crippen LogP contribution in [-0.4, -0.2) is 19.1 Å². The van der Waals surface area contributed by atoms with E-state index in [-0.39, 0.29) is 6.04 Å². The summed E-state index contributed by atoms with van der Waals surface area (Å²) in [5.41, 5.74) is 3.20. The van der Waals surface area contributed by atoms with Crippen molar-refractivity contribution in [1.29, 1.82) is 0 Å². The van der Waals surface area contributed by atoms with Crippen molar-refractivity contribution in [3.8, 4) is 0 Å². The molecule has 19 heavy (non-hydrogen) atoms. The van der Waals surface area contributed by atoms with Crippen LogP contribution in [-0.2, 0) is 0 Å². The number of anilines is 2. The third-order valence-corrected chi connectivity index (χ3v) is 3.92. The van der Waals surface area contributed by atoms with Gasteiger partial charge in [0.1, 0.15) is 0 Å². The molecule has 1 unspecified atom stereocenters. The van der Waals surface area contributed by atoms with Gasteiger partial charge < -0.3 is 10.2 Å². The summed E-state index contributed by atoms with van der Waals surface area (Å²) in [6, 6.07) is 6.03. The Balaban J connectivity index is 2.25. The van der Waals surface area contributed by atoms with Crippen molar-refractivity contribution in [2.45, 2.75) is 19.9 Å². The van der Waals surface area contributed by atoms with E-state index in [0.29, 0.717) is 0 Å². The fourth-order valence-corrected chi connectivity index (χ4v) is 2.78. The summed E-state index contributed by atoms with van der Waals surface area (Å²) < 4.78 is 0. The van der Waals surface area contributed by atoms with Crippen molar-refractivity contribution < 1.29 is 0 Å². The minimum absolute atomic E-state index is 0.155. The van der Waals surface area contributed by atoms with Gasteiger partial charge >= 0.3 is 0 Å². The fraction of sp³-hybridized carbons (Fsp3) is 0.357. The number of nitrogens with zero attached hydrogens (tertiary/aromatic N) is 2. The second-order valence-electron chi connectivity index (χ2n) is 4.71. The van der Waals surface area contributed by atoms with Crippen molar-refractivity contribution in [1.82, 2.24) is 4.98 Å². The maximum Gasteiger partial charge on any atom is 0.0898 e. The van der Waals surface area contributed by atoms with E-state index in [1.54, 1.807) is 11.3 Å². The Bertz CT molecular complexity index is 566. The lowest BCUT2D eigenvalue weighted by Crippen LogP contribution is -2.14. The van der Waals surface area contributed by atoms with E-state index in [1.165, 1.54) is 0 Å². The summed E-state index contributed by atoms with van der Waals surface area (Å²) in [7, 11) is 4.04. The summed E-state index contributed by atoms with van der Waals surface area (Å²) >= 11 is 7.75. The van der Waals surface area contributed by atoms with Crippen molar-refractivity contribution in [2.24, 2.45) is 0 Å². The lowest BCUT2D eigenvalue weighted by Gasteiger charge is -2.21. The number of nitrogens with one attached hydrogen (secondary N) is 1. The number of halogens is 1. The maximum atomic E-state index is 6.08. The third kappa shape index (κ3) is 3.39. The highest BCUT2D eigenvalue weighted by atomic mass is 35.5. The molecule has 0 bridgehead atoms. The van der Waals surface area contributed by atoms with Gasteiger partial charge in [-0.05, 0) is 32.0 Å². The maximum absolute atomic E-state index is 6.08. The van der Waals surface area contributed by atoms with Gasteiger partial charge in [0.15, 0.2) is 0 Å². The van der Waals surface area contributed by atoms with Crippen LogP contribution in [0.5, 0.6) is 0 Å². The van der Waals surface area contributed by atoms with Gasteiger partial charge in [-0.3, -0.25) is 0 Å². The van der Waals surface area contributed by atoms with Crippen LogP contribution in [0.25, 0.3) is 0 Å². The summed E-state index contributed by atoms with van der Waals surface area (Å²) in [6.45, 7) is 4.13. The van der Waals surface area contributed by atoms with Crippen LogP contribution in [0.3, 0.4) is 0 Å². The summed E-state index contributed by atoms with van der Waals surface area (Å²) in [5.74, 6) is 0. The largest absolute Gasteiger partial charge is 0.376 e. The highest BCUT2D eigenvalue weighted by Gasteiger charge is 2.12. The van der Waals surface area contributed by atoms with E-state index in [9.17, 15) is 0 Å². The summed E-state index contributed by atoms with van der Waals surface area (Å²) in [6.07, 6.45) is 0. The van der Waals surface area contributed by atoms with Crippen LogP contribution < -0.4 is 10.2 Å². The number of hydrogen-bond donors (Lipinski definition) is 1. The molecule has 0 aliphatic rings. The minimum atomic E-state index is 0.155. The van der Waals surface area contributed by atoms with Crippen LogP contribution in [0.15, 0.2) is 23.6 Å². The number of rotatable bonds is 4. The molecule has 102 valence electrons. The molecule has 0 saturated heterocycles. The molecule has 1 aromatic heterocycles. The standard InChI is InChI=1S/C14H18ClN3S/c1-9(13-8-19-10(2)17-13)16-12-7-11(15)5-6-14(12)18(3)4/h5-9,16H,1-4H3. The minimum Gasteiger partial charge on any atom is -0.376 e. The lowest BCUT2D eigenvalue weighted by molar-refractivity contribution is 0.844. The van der Waals surface area contributed by atoms with E-state index < -0.39 is 0 Å². The summed E-state index contributed by atoms with van der Waals surface area (Å²) in [5, 5.41) is 7.39. The quantitative estimate of drug-likeness (QED) is 0.909. The smallest absolute Gasteiger partial charge is 0.0898 e. The van der Waals surface area contributed by atoms with Crippen LogP contribution in [0.1, 0.15) is 23.7 Å². The Hall–Kier alpha value is -1.26. The topological polar surface area (TPSA) is 28.2 Å². The molecule has 0 radical (unpaired) electrons. The first-order valence-corrected chi connectivity index (χ1v) is 7.38. The van der Waals surface area contributed by atoms with Gasteiger partial charge in [-0.15, -0.1) is 11.3 Å². The molecule has 0 amide bonds. The Kier molecular flexibility index (Phi) is 4.32. The van der Waals surface area contributed by atoms with E-state index in [1.807, 2.05) is 39.2 Å². The molecule has 2 aromatic rings. The van der Waals surface area contributed by atoms with Crippen LogP contribution >= 0.6 is 22.9 Å². The first-order chi connectivity index (χ1) is 8.97. The molecule has 1 aromatic carbocycles. The second kappa shape index (κ2) is 5.80. The fourth-order valence-electron chi connectivity index (χ4n) is 1.90. The molecule has 0 fully saturated rings. The highest BCUT2D eigenvalue weighted by molar-refractivity contribution is 7.09. The molecule has 0 aliphatic heterocycles. The Morgan fingerprint density at radius 1 is 1.37 bits per heavy atom. The Morgan fingerprint density at radius 2 is 2.11 bits per heavy atom. The van der Waals surface area contributed by atoms with Gasteiger partial charge in [-0.1, -0.05) is 11.6 Å². The molecule has 0 spiro atoms. The number of aromatic nitrogens is 1. The Morgan fingerprint density at radius 3 is 2.68 bits per heavy atom. The predicted octanol–water partition coefficient (Wildman–Crippen LogP) is 4.34. The molecule has 2 rings (SSSR count). The summed E-state index contributed by atoms with van der Waals surface area (Å²) in [4.78, 5) is 6.58. The zero-order chi connectivity index (χ0) is 14.0. The number of aryl methyl sites for hydroxylation is 1. The molecule has 1 heterocycles. The van der Waals surface area contributed by atoms with E-state index in [4.69, 9.17) is 11.6 Å². The van der Waals surface area contributed by atoms with Crippen LogP contribution in [0.4, 0.5) is 11.4 Å². The van der Waals surface area contributed by atoms with Crippen LogP contribution in [0.2, 0.25) is 5.02 Å². The number of benzene rings is 1. The van der Waals surface area contributed by atoms with Gasteiger partial charge in [-0.2, -0.15) is 0 Å². The van der Waals surface area contributed by atoms with Gasteiger partial charge in [0, 0.05) is 24.5 Å². The number of thiazole rings is 1. The Labute approximate surface area is 123 Å². The number of hydrogen-bond acceptors (Lipinski definition) is 4. The molecular formula is C14H18ClN3S. The lowest BCUT2D eigenvalue weighted by atomic mass is 10.2. The van der Waals surface area contributed by atoms with Gasteiger partial charge in [0.25, 0.3) is 0 Å². The first kappa shape index (κ1) is 14.2. The van der Waals surface area contributed by atoms with E-state index in [0.717, 1.165) is 27.1 Å². The zero-order valence-corrected chi connectivity index (χ0v) is 13.1.